The zero-order chi connectivity index (χ0) is 13.9. The van der Waals surface area contributed by atoms with Crippen molar-refractivity contribution >= 4 is 5.82 Å². The summed E-state index contributed by atoms with van der Waals surface area (Å²) >= 11 is 0. The van der Waals surface area contributed by atoms with Crippen LogP contribution in [0.5, 0.6) is 0 Å². The zero-order valence-electron chi connectivity index (χ0n) is 12.1. The molecule has 5 heteroatoms. The van der Waals surface area contributed by atoms with Crippen molar-refractivity contribution in [2.24, 2.45) is 0 Å². The number of nitrogens with zero attached hydrogens (tertiary/aromatic N) is 5. The van der Waals surface area contributed by atoms with Gasteiger partial charge in [-0.05, 0) is 26.7 Å². The van der Waals surface area contributed by atoms with Gasteiger partial charge in [-0.3, -0.25) is 4.98 Å². The molecule has 0 unspecified atom stereocenters. The molecule has 2 aromatic rings. The molecule has 5 nitrogen and oxygen atoms in total. The molecule has 0 aromatic carbocycles. The Morgan fingerprint density at radius 3 is 2.55 bits per heavy atom. The first-order valence-electron chi connectivity index (χ1n) is 7.29. The summed E-state index contributed by atoms with van der Waals surface area (Å²) in [6.07, 6.45) is 11.6. The molecule has 0 radical (unpaired) electrons. The molecule has 0 N–H and O–H groups in total. The predicted octanol–water partition coefficient (Wildman–Crippen LogP) is 2.64. The average molecular weight is 271 g/mol. The Balaban J connectivity index is 1.68. The van der Waals surface area contributed by atoms with Crippen molar-refractivity contribution in [3.63, 3.8) is 0 Å². The zero-order valence-corrected chi connectivity index (χ0v) is 12.1. The van der Waals surface area contributed by atoms with E-state index < -0.39 is 0 Å². The topological polar surface area (TPSA) is 46.8 Å². The normalized spacial score (nSPS) is 16.9. The van der Waals surface area contributed by atoms with Crippen LogP contribution in [0.2, 0.25) is 0 Å². The van der Waals surface area contributed by atoms with Crippen molar-refractivity contribution in [1.82, 2.24) is 19.5 Å². The van der Waals surface area contributed by atoms with Crippen molar-refractivity contribution in [3.8, 4) is 0 Å². The smallest absolute Gasteiger partial charge is 0.147 e. The van der Waals surface area contributed by atoms with Gasteiger partial charge in [0.2, 0.25) is 0 Å². The molecule has 2 aromatic heterocycles. The van der Waals surface area contributed by atoms with Crippen LogP contribution in [0.15, 0.2) is 31.0 Å². The molecule has 3 heterocycles. The van der Waals surface area contributed by atoms with Crippen molar-refractivity contribution in [1.29, 1.82) is 0 Å². The van der Waals surface area contributed by atoms with E-state index >= 15 is 0 Å². The Labute approximate surface area is 119 Å². The number of aromatic nitrogens is 4. The van der Waals surface area contributed by atoms with Crippen LogP contribution in [-0.2, 0) is 0 Å². The van der Waals surface area contributed by atoms with Gasteiger partial charge in [-0.15, -0.1) is 0 Å². The SMILES string of the molecule is CC(C)n1ccnc1C1CCN(c2cnccn2)CC1. The van der Waals surface area contributed by atoms with Crippen LogP contribution in [0, 0.1) is 0 Å². The fourth-order valence-electron chi connectivity index (χ4n) is 2.90. The third-order valence-corrected chi connectivity index (χ3v) is 3.99. The minimum absolute atomic E-state index is 0.477. The molecular weight excluding hydrogens is 250 g/mol. The van der Waals surface area contributed by atoms with Crippen molar-refractivity contribution < 1.29 is 0 Å². The molecule has 1 aliphatic rings. The van der Waals surface area contributed by atoms with Gasteiger partial charge in [0.15, 0.2) is 0 Å². The van der Waals surface area contributed by atoms with E-state index in [2.05, 4.69) is 44.5 Å². The molecule has 1 fully saturated rings. The van der Waals surface area contributed by atoms with Gasteiger partial charge in [0.25, 0.3) is 0 Å². The van der Waals surface area contributed by atoms with Gasteiger partial charge in [-0.1, -0.05) is 0 Å². The molecule has 0 amide bonds. The van der Waals surface area contributed by atoms with Crippen LogP contribution in [0.25, 0.3) is 0 Å². The molecule has 1 saturated heterocycles. The van der Waals surface area contributed by atoms with Crippen molar-refractivity contribution in [3.05, 3.63) is 36.8 Å². The first-order chi connectivity index (χ1) is 9.75. The Kier molecular flexibility index (Phi) is 3.67. The Hall–Kier alpha value is -1.91. The molecule has 1 aliphatic heterocycles. The van der Waals surface area contributed by atoms with Crippen molar-refractivity contribution in [2.45, 2.75) is 38.6 Å². The van der Waals surface area contributed by atoms with Crippen LogP contribution in [0.4, 0.5) is 5.82 Å². The number of rotatable bonds is 3. The highest BCUT2D eigenvalue weighted by Crippen LogP contribution is 2.29. The summed E-state index contributed by atoms with van der Waals surface area (Å²) in [5.41, 5.74) is 0. The second kappa shape index (κ2) is 5.61. The lowest BCUT2D eigenvalue weighted by Gasteiger charge is -2.32. The van der Waals surface area contributed by atoms with Crippen LogP contribution in [-0.4, -0.2) is 32.6 Å². The lowest BCUT2D eigenvalue weighted by Crippen LogP contribution is -2.34. The second-order valence-electron chi connectivity index (χ2n) is 5.61. The number of anilines is 1. The Bertz CT molecular complexity index is 540. The van der Waals surface area contributed by atoms with E-state index in [9.17, 15) is 0 Å². The third kappa shape index (κ3) is 2.53. The van der Waals surface area contributed by atoms with E-state index in [1.54, 1.807) is 12.4 Å². The highest BCUT2D eigenvalue weighted by atomic mass is 15.2. The van der Waals surface area contributed by atoms with Gasteiger partial charge < -0.3 is 9.47 Å². The molecule has 0 spiro atoms. The highest BCUT2D eigenvalue weighted by molar-refractivity contribution is 5.35. The van der Waals surface area contributed by atoms with Gasteiger partial charge in [0.1, 0.15) is 11.6 Å². The van der Waals surface area contributed by atoms with E-state index in [1.807, 2.05) is 12.4 Å². The molecule has 0 bridgehead atoms. The molecular formula is C15H21N5. The average Bonchev–Trinajstić information content (AvgIpc) is 2.98. The van der Waals surface area contributed by atoms with Gasteiger partial charge in [0.05, 0.1) is 6.20 Å². The van der Waals surface area contributed by atoms with Crippen LogP contribution >= 0.6 is 0 Å². The maximum Gasteiger partial charge on any atom is 0.147 e. The summed E-state index contributed by atoms with van der Waals surface area (Å²) in [4.78, 5) is 15.4. The molecule has 0 saturated carbocycles. The molecule has 0 atom stereocenters. The molecule has 20 heavy (non-hydrogen) atoms. The first-order valence-corrected chi connectivity index (χ1v) is 7.29. The first kappa shape index (κ1) is 13.1. The second-order valence-corrected chi connectivity index (χ2v) is 5.61. The summed E-state index contributed by atoms with van der Waals surface area (Å²) in [7, 11) is 0. The number of hydrogen-bond acceptors (Lipinski definition) is 4. The Morgan fingerprint density at radius 2 is 1.90 bits per heavy atom. The van der Waals surface area contributed by atoms with Crippen LogP contribution in [0.3, 0.4) is 0 Å². The molecule has 106 valence electrons. The summed E-state index contributed by atoms with van der Waals surface area (Å²) < 4.78 is 2.29. The molecule has 3 rings (SSSR count). The largest absolute Gasteiger partial charge is 0.355 e. The highest BCUT2D eigenvalue weighted by Gasteiger charge is 2.25. The summed E-state index contributed by atoms with van der Waals surface area (Å²) in [6, 6.07) is 0.477. The fourth-order valence-corrected chi connectivity index (χ4v) is 2.90. The predicted molar refractivity (Wildman–Crippen MR) is 78.8 cm³/mol. The number of hydrogen-bond donors (Lipinski definition) is 0. The number of piperidine rings is 1. The van der Waals surface area contributed by atoms with Crippen LogP contribution in [0.1, 0.15) is 44.5 Å². The lowest BCUT2D eigenvalue weighted by molar-refractivity contribution is 0.448. The van der Waals surface area contributed by atoms with Gasteiger partial charge >= 0.3 is 0 Å². The maximum absolute atomic E-state index is 4.58. The summed E-state index contributed by atoms with van der Waals surface area (Å²) in [5.74, 6) is 2.78. The summed E-state index contributed by atoms with van der Waals surface area (Å²) in [6.45, 7) is 6.46. The monoisotopic (exact) mass is 271 g/mol. The minimum atomic E-state index is 0.477. The quantitative estimate of drug-likeness (QED) is 0.861. The van der Waals surface area contributed by atoms with Crippen molar-refractivity contribution in [2.75, 3.05) is 18.0 Å². The van der Waals surface area contributed by atoms with Gasteiger partial charge in [-0.2, -0.15) is 0 Å². The molecule has 0 aliphatic carbocycles. The van der Waals surface area contributed by atoms with E-state index in [1.165, 1.54) is 5.82 Å². The minimum Gasteiger partial charge on any atom is -0.355 e. The van der Waals surface area contributed by atoms with Gasteiger partial charge in [0, 0.05) is 49.8 Å². The van der Waals surface area contributed by atoms with E-state index in [-0.39, 0.29) is 0 Å². The standard InChI is InChI=1S/C15H21N5/c1-12(2)20-10-7-18-15(20)13-3-8-19(9-4-13)14-11-16-5-6-17-14/h5-7,10-13H,3-4,8-9H2,1-2H3. The fraction of sp³-hybridized carbons (Fsp3) is 0.533. The van der Waals surface area contributed by atoms with E-state index in [0.717, 1.165) is 31.7 Å². The lowest BCUT2D eigenvalue weighted by atomic mass is 9.95. The van der Waals surface area contributed by atoms with E-state index in [4.69, 9.17) is 0 Å². The third-order valence-electron chi connectivity index (χ3n) is 3.99. The Morgan fingerprint density at radius 1 is 1.10 bits per heavy atom. The van der Waals surface area contributed by atoms with E-state index in [0.29, 0.717) is 12.0 Å². The maximum atomic E-state index is 4.58. The summed E-state index contributed by atoms with van der Waals surface area (Å²) in [5, 5.41) is 0. The van der Waals surface area contributed by atoms with Crippen LogP contribution < -0.4 is 4.90 Å². The number of imidazole rings is 1. The van der Waals surface area contributed by atoms with Gasteiger partial charge in [-0.25, -0.2) is 9.97 Å².